The second-order valence-electron chi connectivity index (χ2n) is 6.94. The monoisotopic (exact) mass is 352 g/mol. The lowest BCUT2D eigenvalue weighted by atomic mass is 9.99. The smallest absolute Gasteiger partial charge is 0.243 e. The van der Waals surface area contributed by atoms with Crippen LogP contribution >= 0.6 is 0 Å². The van der Waals surface area contributed by atoms with Gasteiger partial charge in [0.1, 0.15) is 0 Å². The Balaban J connectivity index is 1.78. The molecule has 3 atom stereocenters. The second-order valence-corrected chi connectivity index (χ2v) is 8.88. The summed E-state index contributed by atoms with van der Waals surface area (Å²) in [6.45, 7) is 6.22. The summed E-state index contributed by atoms with van der Waals surface area (Å²) in [6, 6.07) is 6.97. The first kappa shape index (κ1) is 17.4. The lowest BCUT2D eigenvalue weighted by Gasteiger charge is -2.32. The van der Waals surface area contributed by atoms with Crippen molar-refractivity contribution in [2.45, 2.75) is 50.3 Å². The first-order chi connectivity index (χ1) is 11.3. The maximum atomic E-state index is 12.9. The van der Waals surface area contributed by atoms with Crippen molar-refractivity contribution in [3.8, 4) is 0 Å². The van der Waals surface area contributed by atoms with E-state index < -0.39 is 10.0 Å². The quantitative estimate of drug-likeness (QED) is 0.886. The molecule has 7 heteroatoms. The molecule has 0 unspecified atom stereocenters. The molecule has 2 saturated heterocycles. The Morgan fingerprint density at radius 1 is 1.33 bits per heavy atom. The van der Waals surface area contributed by atoms with E-state index in [1.54, 1.807) is 18.2 Å². The fourth-order valence-corrected chi connectivity index (χ4v) is 5.00. The molecule has 6 nitrogen and oxygen atoms in total. The van der Waals surface area contributed by atoms with Crippen molar-refractivity contribution in [1.82, 2.24) is 9.62 Å². The topological polar surface area (TPSA) is 75.7 Å². The zero-order chi connectivity index (χ0) is 17.5. The first-order valence-electron chi connectivity index (χ1n) is 8.30. The van der Waals surface area contributed by atoms with Gasteiger partial charge >= 0.3 is 0 Å². The van der Waals surface area contributed by atoms with Crippen LogP contribution in [0.5, 0.6) is 0 Å². The zero-order valence-corrected chi connectivity index (χ0v) is 15.0. The Labute approximate surface area is 143 Å². The van der Waals surface area contributed by atoms with Gasteiger partial charge in [-0.25, -0.2) is 8.42 Å². The first-order valence-corrected chi connectivity index (χ1v) is 9.74. The molecule has 0 radical (unpaired) electrons. The van der Waals surface area contributed by atoms with Crippen LogP contribution in [0.4, 0.5) is 0 Å². The number of carbonyl (C=O) groups excluding carboxylic acids is 1. The number of nitrogens with one attached hydrogen (secondary N) is 1. The van der Waals surface area contributed by atoms with E-state index in [4.69, 9.17) is 4.74 Å². The van der Waals surface area contributed by atoms with E-state index >= 15 is 0 Å². The summed E-state index contributed by atoms with van der Waals surface area (Å²) in [5.74, 6) is -0.331. The Morgan fingerprint density at radius 3 is 2.75 bits per heavy atom. The van der Waals surface area contributed by atoms with Crippen LogP contribution in [0.1, 0.15) is 25.8 Å². The highest BCUT2D eigenvalue weighted by Gasteiger charge is 2.47. The minimum Gasteiger partial charge on any atom is -0.371 e. The SMILES string of the molecule is Cc1cccc(S(=O)(=O)N2C[C@@H]3C[C@@H](C(=O)NC(C)C)[C@H](C2)O3)c1. The lowest BCUT2D eigenvalue weighted by molar-refractivity contribution is -0.127. The van der Waals surface area contributed by atoms with Gasteiger partial charge < -0.3 is 10.1 Å². The average Bonchev–Trinajstić information content (AvgIpc) is 2.80. The van der Waals surface area contributed by atoms with Gasteiger partial charge in [0.15, 0.2) is 0 Å². The molecule has 2 bridgehead atoms. The Bertz CT molecular complexity index is 732. The molecule has 0 aromatic heterocycles. The molecule has 1 aromatic rings. The van der Waals surface area contributed by atoms with Crippen molar-refractivity contribution in [3.63, 3.8) is 0 Å². The molecule has 3 rings (SSSR count). The zero-order valence-electron chi connectivity index (χ0n) is 14.2. The molecule has 2 aliphatic rings. The number of ether oxygens (including phenoxy) is 1. The highest BCUT2D eigenvalue weighted by atomic mass is 32.2. The summed E-state index contributed by atoms with van der Waals surface area (Å²) in [6.07, 6.45) is -0.0170. The van der Waals surface area contributed by atoms with Crippen molar-refractivity contribution >= 4 is 15.9 Å². The molecular weight excluding hydrogens is 328 g/mol. The minimum atomic E-state index is -3.56. The number of hydrogen-bond donors (Lipinski definition) is 1. The average molecular weight is 352 g/mol. The van der Waals surface area contributed by atoms with Crippen LogP contribution in [-0.4, -0.2) is 50.0 Å². The third-order valence-electron chi connectivity index (χ3n) is 4.52. The van der Waals surface area contributed by atoms with E-state index in [-0.39, 0.29) is 36.6 Å². The molecule has 2 heterocycles. The summed E-state index contributed by atoms with van der Waals surface area (Å²) >= 11 is 0. The van der Waals surface area contributed by atoms with Crippen LogP contribution in [0, 0.1) is 12.8 Å². The Kier molecular flexibility index (Phi) is 4.68. The van der Waals surface area contributed by atoms with Crippen LogP contribution in [0.25, 0.3) is 0 Å². The number of nitrogens with zero attached hydrogens (tertiary/aromatic N) is 1. The molecular formula is C17H24N2O4S. The van der Waals surface area contributed by atoms with Crippen molar-refractivity contribution < 1.29 is 17.9 Å². The molecule has 1 aromatic carbocycles. The van der Waals surface area contributed by atoms with Gasteiger partial charge in [-0.05, 0) is 44.9 Å². The van der Waals surface area contributed by atoms with Gasteiger partial charge in [-0.15, -0.1) is 0 Å². The Hall–Kier alpha value is -1.44. The maximum Gasteiger partial charge on any atom is 0.243 e. The summed E-state index contributed by atoms with van der Waals surface area (Å²) < 4.78 is 33.1. The van der Waals surface area contributed by atoms with Gasteiger partial charge in [-0.2, -0.15) is 4.31 Å². The van der Waals surface area contributed by atoms with Gasteiger partial charge in [-0.1, -0.05) is 12.1 Å². The van der Waals surface area contributed by atoms with Gasteiger partial charge in [0.2, 0.25) is 15.9 Å². The number of hydrogen-bond acceptors (Lipinski definition) is 4. The maximum absolute atomic E-state index is 12.9. The van der Waals surface area contributed by atoms with Crippen LogP contribution in [0.3, 0.4) is 0 Å². The number of benzene rings is 1. The third-order valence-corrected chi connectivity index (χ3v) is 6.35. The van der Waals surface area contributed by atoms with E-state index in [2.05, 4.69) is 5.32 Å². The number of carbonyl (C=O) groups is 1. The third kappa shape index (κ3) is 3.34. The van der Waals surface area contributed by atoms with Crippen LogP contribution in [-0.2, 0) is 19.6 Å². The molecule has 2 aliphatic heterocycles. The Morgan fingerprint density at radius 2 is 2.08 bits per heavy atom. The summed E-state index contributed by atoms with van der Waals surface area (Å²) in [5.41, 5.74) is 0.904. The van der Waals surface area contributed by atoms with Crippen molar-refractivity contribution in [1.29, 1.82) is 0 Å². The largest absolute Gasteiger partial charge is 0.371 e. The van der Waals surface area contributed by atoms with Crippen molar-refractivity contribution in [2.24, 2.45) is 5.92 Å². The highest BCUT2D eigenvalue weighted by Crippen LogP contribution is 2.34. The van der Waals surface area contributed by atoms with Gasteiger partial charge in [0, 0.05) is 19.1 Å². The molecule has 0 spiro atoms. The fourth-order valence-electron chi connectivity index (χ4n) is 3.41. The molecule has 1 N–H and O–H groups in total. The van der Waals surface area contributed by atoms with E-state index in [1.165, 1.54) is 4.31 Å². The highest BCUT2D eigenvalue weighted by molar-refractivity contribution is 7.89. The van der Waals surface area contributed by atoms with Gasteiger partial charge in [-0.3, -0.25) is 4.79 Å². The fraction of sp³-hybridized carbons (Fsp3) is 0.588. The van der Waals surface area contributed by atoms with Crippen molar-refractivity contribution in [3.05, 3.63) is 29.8 Å². The predicted octanol–water partition coefficient (Wildman–Crippen LogP) is 1.30. The van der Waals surface area contributed by atoms with Gasteiger partial charge in [0.25, 0.3) is 0 Å². The minimum absolute atomic E-state index is 0.0488. The van der Waals surface area contributed by atoms with E-state index in [0.29, 0.717) is 17.9 Å². The molecule has 1 amide bonds. The molecule has 0 aliphatic carbocycles. The number of fused-ring (bicyclic) bond motifs is 2. The van der Waals surface area contributed by atoms with E-state index in [1.807, 2.05) is 26.8 Å². The van der Waals surface area contributed by atoms with E-state index in [0.717, 1.165) is 5.56 Å². The molecule has 0 saturated carbocycles. The van der Waals surface area contributed by atoms with Crippen LogP contribution < -0.4 is 5.32 Å². The number of sulfonamides is 1. The number of rotatable bonds is 4. The molecule has 132 valence electrons. The lowest BCUT2D eigenvalue weighted by Crippen LogP contribution is -2.48. The van der Waals surface area contributed by atoms with Crippen molar-refractivity contribution in [2.75, 3.05) is 13.1 Å². The predicted molar refractivity (Wildman–Crippen MR) is 90.0 cm³/mol. The summed E-state index contributed by atoms with van der Waals surface area (Å²) in [5, 5.41) is 2.90. The summed E-state index contributed by atoms with van der Waals surface area (Å²) in [4.78, 5) is 12.6. The number of amides is 1. The van der Waals surface area contributed by atoms with Crippen LogP contribution in [0.15, 0.2) is 29.2 Å². The molecule has 2 fully saturated rings. The van der Waals surface area contributed by atoms with E-state index in [9.17, 15) is 13.2 Å². The number of aryl methyl sites for hydroxylation is 1. The van der Waals surface area contributed by atoms with Crippen LogP contribution in [0.2, 0.25) is 0 Å². The van der Waals surface area contributed by atoms with Gasteiger partial charge in [0.05, 0.1) is 23.0 Å². The normalized spacial score (nSPS) is 27.4. The summed E-state index contributed by atoms with van der Waals surface area (Å²) in [7, 11) is -3.56. The standard InChI is InChI=1S/C17H24N2O4S/c1-11(2)18-17(20)15-8-13-9-19(10-16(15)23-13)24(21,22)14-6-4-5-12(3)7-14/h4-7,11,13,15-16H,8-10H2,1-3H3,(H,18,20)/t13-,15+,16-/m0/s1. The molecule has 24 heavy (non-hydrogen) atoms. The number of morpholine rings is 1. The second kappa shape index (κ2) is 6.46.